The van der Waals surface area contributed by atoms with Gasteiger partial charge in [0.1, 0.15) is 0 Å². The number of rotatable bonds is 5. The molecule has 4 heteroatoms. The number of amides is 1. The molecule has 0 bridgehead atoms. The molecule has 2 rings (SSSR count). The summed E-state index contributed by atoms with van der Waals surface area (Å²) in [4.78, 5) is 11.8. The molecular weight excluding hydrogens is 284 g/mol. The molecule has 0 spiro atoms. The van der Waals surface area contributed by atoms with Crippen molar-refractivity contribution in [2.24, 2.45) is 5.73 Å². The topological polar surface area (TPSA) is 55.1 Å². The van der Waals surface area contributed by atoms with Gasteiger partial charge in [0.25, 0.3) is 0 Å². The summed E-state index contributed by atoms with van der Waals surface area (Å²) in [6, 6.07) is 11.2. The van der Waals surface area contributed by atoms with Crippen molar-refractivity contribution in [3.05, 3.63) is 35.9 Å². The second-order valence-electron chi connectivity index (χ2n) is 6.04. The van der Waals surface area contributed by atoms with Crippen LogP contribution in [0.3, 0.4) is 0 Å². The molecule has 1 aromatic carbocycles. The van der Waals surface area contributed by atoms with E-state index in [1.165, 1.54) is 18.4 Å². The van der Waals surface area contributed by atoms with E-state index in [0.29, 0.717) is 18.4 Å². The van der Waals surface area contributed by atoms with E-state index in [1.54, 1.807) is 0 Å². The van der Waals surface area contributed by atoms with Crippen molar-refractivity contribution in [2.45, 2.75) is 63.5 Å². The Labute approximate surface area is 134 Å². The molecule has 1 aliphatic rings. The third-order valence-corrected chi connectivity index (χ3v) is 4.19. The smallest absolute Gasteiger partial charge is 0.220 e. The molecule has 118 valence electrons. The average Bonchev–Trinajstić information content (AvgIpc) is 2.47. The van der Waals surface area contributed by atoms with E-state index in [-0.39, 0.29) is 24.4 Å². The van der Waals surface area contributed by atoms with Crippen LogP contribution in [0.4, 0.5) is 0 Å². The Morgan fingerprint density at radius 2 is 1.86 bits per heavy atom. The molecule has 3 nitrogen and oxygen atoms in total. The van der Waals surface area contributed by atoms with Crippen molar-refractivity contribution in [1.29, 1.82) is 0 Å². The van der Waals surface area contributed by atoms with E-state index in [4.69, 9.17) is 5.73 Å². The van der Waals surface area contributed by atoms with E-state index in [9.17, 15) is 4.79 Å². The van der Waals surface area contributed by atoms with Crippen LogP contribution in [-0.2, 0) is 4.79 Å². The summed E-state index contributed by atoms with van der Waals surface area (Å²) < 4.78 is 0. The Morgan fingerprint density at radius 3 is 2.43 bits per heavy atom. The van der Waals surface area contributed by atoms with Crippen molar-refractivity contribution in [3.63, 3.8) is 0 Å². The zero-order chi connectivity index (χ0) is 14.4. The lowest BCUT2D eigenvalue weighted by atomic mass is 9.82. The van der Waals surface area contributed by atoms with Gasteiger partial charge in [0.2, 0.25) is 5.91 Å². The third kappa shape index (κ3) is 6.06. The summed E-state index contributed by atoms with van der Waals surface area (Å²) in [5, 5.41) is 3.15. The van der Waals surface area contributed by atoms with Crippen molar-refractivity contribution in [2.75, 3.05) is 0 Å². The highest BCUT2D eigenvalue weighted by Crippen LogP contribution is 2.32. The maximum atomic E-state index is 11.8. The van der Waals surface area contributed by atoms with Crippen molar-refractivity contribution in [3.8, 4) is 0 Å². The first-order chi connectivity index (χ1) is 9.65. The summed E-state index contributed by atoms with van der Waals surface area (Å²) in [5.41, 5.74) is 7.12. The summed E-state index contributed by atoms with van der Waals surface area (Å²) in [7, 11) is 0. The fourth-order valence-corrected chi connectivity index (χ4v) is 2.95. The predicted molar refractivity (Wildman–Crippen MR) is 89.7 cm³/mol. The number of carbonyl (C=O) groups excluding carboxylic acids is 1. The number of nitrogens with two attached hydrogens (primary N) is 1. The van der Waals surface area contributed by atoms with Gasteiger partial charge in [-0.3, -0.25) is 4.79 Å². The van der Waals surface area contributed by atoms with Crippen LogP contribution in [0, 0.1) is 0 Å². The Hall–Kier alpha value is -1.06. The SMILES string of the molecule is CC(N)CCC(=O)NC1CCC(c2ccccc2)CC1.Cl. The van der Waals surface area contributed by atoms with E-state index in [1.807, 2.05) is 6.92 Å². The van der Waals surface area contributed by atoms with Crippen LogP contribution in [0.1, 0.15) is 56.9 Å². The minimum Gasteiger partial charge on any atom is -0.353 e. The van der Waals surface area contributed by atoms with Crippen LogP contribution in [0.15, 0.2) is 30.3 Å². The van der Waals surface area contributed by atoms with Crippen LogP contribution >= 0.6 is 12.4 Å². The fraction of sp³-hybridized carbons (Fsp3) is 0.588. The van der Waals surface area contributed by atoms with Crippen LogP contribution in [-0.4, -0.2) is 18.0 Å². The molecule has 0 radical (unpaired) electrons. The second-order valence-corrected chi connectivity index (χ2v) is 6.04. The molecule has 1 atom stereocenters. The standard InChI is InChI=1S/C17H26N2O.ClH/c1-13(18)7-12-17(20)19-16-10-8-15(9-11-16)14-5-3-2-4-6-14;/h2-6,13,15-16H,7-12,18H2,1H3,(H,19,20);1H. The number of halogens is 1. The minimum atomic E-state index is 0. The lowest BCUT2D eigenvalue weighted by Crippen LogP contribution is -2.37. The number of hydrogen-bond donors (Lipinski definition) is 2. The monoisotopic (exact) mass is 310 g/mol. The van der Waals surface area contributed by atoms with Gasteiger partial charge in [-0.15, -0.1) is 12.4 Å². The zero-order valence-corrected chi connectivity index (χ0v) is 13.6. The highest BCUT2D eigenvalue weighted by molar-refractivity contribution is 5.85. The highest BCUT2D eigenvalue weighted by Gasteiger charge is 2.23. The Morgan fingerprint density at radius 1 is 1.24 bits per heavy atom. The first kappa shape index (κ1) is 18.0. The Kier molecular flexibility index (Phi) is 7.76. The first-order valence-corrected chi connectivity index (χ1v) is 7.75. The maximum Gasteiger partial charge on any atom is 0.220 e. The molecule has 21 heavy (non-hydrogen) atoms. The molecular formula is C17H27ClN2O. The summed E-state index contributed by atoms with van der Waals surface area (Å²) >= 11 is 0. The van der Waals surface area contributed by atoms with Crippen molar-refractivity contribution in [1.82, 2.24) is 5.32 Å². The summed E-state index contributed by atoms with van der Waals surface area (Å²) in [6.45, 7) is 1.94. The molecule has 0 aromatic heterocycles. The van der Waals surface area contributed by atoms with Gasteiger partial charge >= 0.3 is 0 Å². The second kappa shape index (κ2) is 9.06. The molecule has 1 fully saturated rings. The number of nitrogens with one attached hydrogen (secondary N) is 1. The fourth-order valence-electron chi connectivity index (χ4n) is 2.95. The molecule has 0 aliphatic heterocycles. The zero-order valence-electron chi connectivity index (χ0n) is 12.8. The van der Waals surface area contributed by atoms with Gasteiger partial charge in [-0.2, -0.15) is 0 Å². The Bertz CT molecular complexity index is 414. The maximum absolute atomic E-state index is 11.8. The van der Waals surface area contributed by atoms with Gasteiger partial charge in [-0.25, -0.2) is 0 Å². The number of hydrogen-bond acceptors (Lipinski definition) is 2. The normalized spacial score (nSPS) is 23.0. The third-order valence-electron chi connectivity index (χ3n) is 4.19. The lowest BCUT2D eigenvalue weighted by Gasteiger charge is -2.29. The lowest BCUT2D eigenvalue weighted by molar-refractivity contribution is -0.122. The van der Waals surface area contributed by atoms with Crippen molar-refractivity contribution < 1.29 is 4.79 Å². The summed E-state index contributed by atoms with van der Waals surface area (Å²) in [5.74, 6) is 0.818. The van der Waals surface area contributed by atoms with Gasteiger partial charge in [0, 0.05) is 18.5 Å². The van der Waals surface area contributed by atoms with E-state index in [0.717, 1.165) is 19.3 Å². The van der Waals surface area contributed by atoms with Gasteiger partial charge in [0.15, 0.2) is 0 Å². The van der Waals surface area contributed by atoms with Gasteiger partial charge in [0.05, 0.1) is 0 Å². The van der Waals surface area contributed by atoms with Crippen LogP contribution in [0.2, 0.25) is 0 Å². The Balaban J connectivity index is 0.00000220. The minimum absolute atomic E-state index is 0. The molecule has 1 amide bonds. The predicted octanol–water partition coefficient (Wildman–Crippen LogP) is 3.38. The van der Waals surface area contributed by atoms with Crippen molar-refractivity contribution >= 4 is 18.3 Å². The van der Waals surface area contributed by atoms with E-state index < -0.39 is 0 Å². The van der Waals surface area contributed by atoms with Crippen LogP contribution in [0.5, 0.6) is 0 Å². The summed E-state index contributed by atoms with van der Waals surface area (Å²) in [6.07, 6.45) is 5.83. The molecule has 0 saturated heterocycles. The van der Waals surface area contributed by atoms with Gasteiger partial charge in [-0.1, -0.05) is 30.3 Å². The van der Waals surface area contributed by atoms with Crippen LogP contribution in [0.25, 0.3) is 0 Å². The quantitative estimate of drug-likeness (QED) is 0.876. The molecule has 1 aliphatic carbocycles. The van der Waals surface area contributed by atoms with Gasteiger partial charge in [-0.05, 0) is 50.5 Å². The average molecular weight is 311 g/mol. The molecule has 1 aromatic rings. The molecule has 1 unspecified atom stereocenters. The number of carbonyl (C=O) groups is 1. The molecule has 1 saturated carbocycles. The first-order valence-electron chi connectivity index (χ1n) is 7.75. The van der Waals surface area contributed by atoms with E-state index in [2.05, 4.69) is 35.6 Å². The van der Waals surface area contributed by atoms with E-state index >= 15 is 0 Å². The highest BCUT2D eigenvalue weighted by atomic mass is 35.5. The molecule has 0 heterocycles. The van der Waals surface area contributed by atoms with Gasteiger partial charge < -0.3 is 11.1 Å². The van der Waals surface area contributed by atoms with Crippen LogP contribution < -0.4 is 11.1 Å². The molecule has 3 N–H and O–H groups in total. The largest absolute Gasteiger partial charge is 0.353 e. The number of benzene rings is 1.